The van der Waals surface area contributed by atoms with Crippen LogP contribution in [0.2, 0.25) is 0 Å². The summed E-state index contributed by atoms with van der Waals surface area (Å²) in [5, 5.41) is 2.38. The van der Waals surface area contributed by atoms with Gasteiger partial charge in [-0.2, -0.15) is 0 Å². The van der Waals surface area contributed by atoms with Crippen molar-refractivity contribution in [1.82, 2.24) is 0 Å². The second-order valence-corrected chi connectivity index (χ2v) is 16.7. The maximum absolute atomic E-state index is 2.89. The molecule has 1 fully saturated rings. The molecule has 1 saturated heterocycles. The first kappa shape index (κ1) is 38.2. The van der Waals surface area contributed by atoms with Gasteiger partial charge < -0.3 is 4.90 Å². The lowest BCUT2D eigenvalue weighted by molar-refractivity contribution is 0.245. The summed E-state index contributed by atoms with van der Waals surface area (Å²) in [5.41, 5.74) is 6.72. The number of hydrogen-bond acceptors (Lipinski definition) is 1. The number of hydrogen-bond donors (Lipinski definition) is 0. The predicted octanol–water partition coefficient (Wildman–Crippen LogP) is 14.5. The van der Waals surface area contributed by atoms with Gasteiger partial charge in [-0.05, 0) is 67.4 Å². The molecule has 1 heterocycles. The fourth-order valence-electron chi connectivity index (χ4n) is 12.1. The van der Waals surface area contributed by atoms with Gasteiger partial charge in [-0.15, -0.1) is 0 Å². The third kappa shape index (κ3) is 5.30. The Morgan fingerprint density at radius 3 is 0.730 bits per heavy atom. The molecular weight excluding hydrogens is 759 g/mol. The summed E-state index contributed by atoms with van der Waals surface area (Å²) >= 11 is 0. The first-order valence-electron chi connectivity index (χ1n) is 22.0. The minimum atomic E-state index is -1.00. The van der Waals surface area contributed by atoms with E-state index in [1.807, 2.05) is 0 Å². The molecule has 0 N–H and O–H groups in total. The predicted molar refractivity (Wildman–Crippen MR) is 261 cm³/mol. The first-order valence-corrected chi connectivity index (χ1v) is 22.0. The molecule has 10 aromatic rings. The molecule has 11 rings (SSSR count). The highest BCUT2D eigenvalue weighted by atomic mass is 15.3. The summed E-state index contributed by atoms with van der Waals surface area (Å²) in [6.07, 6.45) is 0. The number of benzene rings is 10. The van der Waals surface area contributed by atoms with Gasteiger partial charge in [-0.3, -0.25) is 0 Å². The van der Waals surface area contributed by atoms with E-state index in [0.717, 1.165) is 5.69 Å². The van der Waals surface area contributed by atoms with Gasteiger partial charge in [0.15, 0.2) is 0 Å². The molecule has 0 amide bonds. The average Bonchev–Trinajstić information content (AvgIpc) is 3.62. The molecule has 1 heteroatoms. The maximum Gasteiger partial charge on any atom is 0.107 e. The smallest absolute Gasteiger partial charge is 0.107 e. The zero-order chi connectivity index (χ0) is 42.2. The third-order valence-electron chi connectivity index (χ3n) is 13.9. The van der Waals surface area contributed by atoms with Gasteiger partial charge in [-0.1, -0.05) is 273 Å². The molecule has 0 saturated carbocycles. The fraction of sp³-hybridized carbons (Fsp3) is 0.0645. The molecule has 10 aromatic carbocycles. The molecular formula is C62H47N. The van der Waals surface area contributed by atoms with Gasteiger partial charge in [0, 0.05) is 5.69 Å². The molecule has 0 radical (unpaired) electrons. The lowest BCUT2D eigenvalue weighted by atomic mass is 9.41. The van der Waals surface area contributed by atoms with Crippen molar-refractivity contribution in [3.05, 3.63) is 330 Å². The quantitative estimate of drug-likeness (QED) is 0.140. The van der Waals surface area contributed by atoms with E-state index < -0.39 is 21.9 Å². The molecule has 0 atom stereocenters. The van der Waals surface area contributed by atoms with Crippen molar-refractivity contribution < 1.29 is 0 Å². The van der Waals surface area contributed by atoms with Crippen LogP contribution in [-0.2, 0) is 21.9 Å². The summed E-state index contributed by atoms with van der Waals surface area (Å²) in [5.74, 6) is 0. The summed E-state index contributed by atoms with van der Waals surface area (Å²) < 4.78 is 0. The molecule has 63 heavy (non-hydrogen) atoms. The van der Waals surface area contributed by atoms with Crippen LogP contribution in [-0.4, -0.2) is 0 Å². The molecule has 0 unspecified atom stereocenters. The Bertz CT molecular complexity index is 2750. The molecule has 0 aliphatic carbocycles. The van der Waals surface area contributed by atoms with Crippen LogP contribution in [0.5, 0.6) is 0 Å². The highest BCUT2D eigenvalue weighted by Crippen LogP contribution is 2.79. The van der Waals surface area contributed by atoms with E-state index >= 15 is 0 Å². The van der Waals surface area contributed by atoms with Crippen LogP contribution in [0.25, 0.3) is 10.8 Å². The molecule has 1 aliphatic heterocycles. The molecule has 300 valence electrons. The standard InChI is InChI=1S/C62H47N/c1-9-29-50(30-10-1)59(51-31-11-2-12-32-51)60(52-33-13-3-14-34-52,53-35-15-4-16-36-53)62(56-41-21-7-22-42-56,57-43-23-8-24-44-57)63(58-46-45-48-27-25-26-28-49(48)47-58)61(59,54-37-17-5-18-38-54)55-39-19-6-20-40-55/h1-47H. The molecule has 0 aromatic heterocycles. The Kier molecular flexibility index (Phi) is 9.47. The highest BCUT2D eigenvalue weighted by Gasteiger charge is 2.84. The van der Waals surface area contributed by atoms with Gasteiger partial charge in [0.25, 0.3) is 0 Å². The van der Waals surface area contributed by atoms with Crippen molar-refractivity contribution in [2.45, 2.75) is 21.9 Å². The van der Waals surface area contributed by atoms with Crippen LogP contribution >= 0.6 is 0 Å². The van der Waals surface area contributed by atoms with Gasteiger partial charge in [0.1, 0.15) is 11.1 Å². The van der Waals surface area contributed by atoms with Crippen molar-refractivity contribution in [2.75, 3.05) is 4.90 Å². The van der Waals surface area contributed by atoms with Gasteiger partial charge in [-0.25, -0.2) is 0 Å². The van der Waals surface area contributed by atoms with Crippen LogP contribution in [0, 0.1) is 0 Å². The summed E-state index contributed by atoms with van der Waals surface area (Å²) in [6, 6.07) is 107. The van der Waals surface area contributed by atoms with Crippen LogP contribution in [0.15, 0.2) is 285 Å². The Labute approximate surface area is 371 Å². The largest absolute Gasteiger partial charge is 0.341 e. The number of anilines is 1. The van der Waals surface area contributed by atoms with E-state index in [2.05, 4.69) is 290 Å². The van der Waals surface area contributed by atoms with Gasteiger partial charge >= 0.3 is 0 Å². The van der Waals surface area contributed by atoms with Crippen molar-refractivity contribution in [3.63, 3.8) is 0 Å². The van der Waals surface area contributed by atoms with Gasteiger partial charge in [0.2, 0.25) is 0 Å². The van der Waals surface area contributed by atoms with E-state index in [9.17, 15) is 0 Å². The van der Waals surface area contributed by atoms with E-state index in [4.69, 9.17) is 0 Å². The van der Waals surface area contributed by atoms with Crippen molar-refractivity contribution >= 4 is 16.5 Å². The summed E-state index contributed by atoms with van der Waals surface area (Å²) in [7, 11) is 0. The highest BCUT2D eigenvalue weighted by molar-refractivity contribution is 5.89. The zero-order valence-electron chi connectivity index (χ0n) is 35.1. The minimum absolute atomic E-state index is 0.967. The normalized spacial score (nSPS) is 15.8. The SMILES string of the molecule is c1ccc(C2(c3ccccc3)N(c3ccc4ccccc4c3)C(c3ccccc3)(c3ccccc3)C(c3ccccc3)(c3ccccc3)C2(c2ccccc2)c2ccccc2)cc1. The number of rotatable bonds is 9. The van der Waals surface area contributed by atoms with Gasteiger partial charge in [0.05, 0.1) is 10.8 Å². The second kappa shape index (κ2) is 15.6. The van der Waals surface area contributed by atoms with Crippen molar-refractivity contribution in [3.8, 4) is 0 Å². The molecule has 1 nitrogen and oxygen atoms in total. The van der Waals surface area contributed by atoms with E-state index in [-0.39, 0.29) is 0 Å². The van der Waals surface area contributed by atoms with E-state index in [1.54, 1.807) is 0 Å². The zero-order valence-corrected chi connectivity index (χ0v) is 35.1. The summed E-state index contributed by atoms with van der Waals surface area (Å²) in [6.45, 7) is 0. The minimum Gasteiger partial charge on any atom is -0.341 e. The van der Waals surface area contributed by atoms with E-state index in [1.165, 1.54) is 55.3 Å². The fourth-order valence-corrected chi connectivity index (χ4v) is 12.1. The van der Waals surface area contributed by atoms with Crippen molar-refractivity contribution in [1.29, 1.82) is 0 Å². The Morgan fingerprint density at radius 1 is 0.206 bits per heavy atom. The second-order valence-electron chi connectivity index (χ2n) is 16.7. The number of fused-ring (bicyclic) bond motifs is 1. The molecule has 1 aliphatic rings. The lowest BCUT2D eigenvalue weighted by Gasteiger charge is -2.57. The topological polar surface area (TPSA) is 3.24 Å². The molecule has 0 bridgehead atoms. The lowest BCUT2D eigenvalue weighted by Crippen LogP contribution is -2.62. The maximum atomic E-state index is 2.89. The Morgan fingerprint density at radius 2 is 0.444 bits per heavy atom. The Hall–Kier alpha value is -7.74. The van der Waals surface area contributed by atoms with E-state index in [0.29, 0.717) is 0 Å². The Balaban J connectivity index is 1.58. The monoisotopic (exact) mass is 805 g/mol. The number of nitrogens with zero attached hydrogens (tertiary/aromatic N) is 1. The first-order chi connectivity index (χ1) is 31.3. The third-order valence-corrected chi connectivity index (χ3v) is 13.9. The van der Waals surface area contributed by atoms with Crippen molar-refractivity contribution in [2.24, 2.45) is 0 Å². The summed E-state index contributed by atoms with van der Waals surface area (Å²) in [4.78, 5) is 2.89. The van der Waals surface area contributed by atoms with Crippen LogP contribution in [0.4, 0.5) is 5.69 Å². The average molecular weight is 806 g/mol. The van der Waals surface area contributed by atoms with Crippen LogP contribution < -0.4 is 4.90 Å². The van der Waals surface area contributed by atoms with Crippen LogP contribution in [0.3, 0.4) is 0 Å². The molecule has 0 spiro atoms. The van der Waals surface area contributed by atoms with Crippen LogP contribution in [0.1, 0.15) is 44.5 Å².